The first kappa shape index (κ1) is 20.3. The molecular formula is H2BeF2O2. The zero-order valence-electron chi connectivity index (χ0n) is 2.36. The Balaban J connectivity index is -0.0000000133. The maximum Gasteiger partial charge on any atom is 0 e. The summed E-state index contributed by atoms with van der Waals surface area (Å²) in [5, 5.41) is 11.0. The fraction of sp³-hybridized carbons (Fsp3) is 0. The fourth-order valence-corrected chi connectivity index (χ4v) is 0. The molecule has 5 heavy (non-hydrogen) atoms. The van der Waals surface area contributed by atoms with Crippen LogP contribution in [0.25, 0.3) is 0 Å². The largest absolute Gasteiger partial charge is 0.209 e. The first-order chi connectivity index (χ1) is 2.00. The summed E-state index contributed by atoms with van der Waals surface area (Å²) < 4.78 is 17.0. The molecule has 2 nitrogen and oxygen atoms in total. The Labute approximate surface area is 31.1 Å². The molecule has 0 saturated carbocycles. The molecule has 0 saturated heterocycles. The van der Waals surface area contributed by atoms with Crippen LogP contribution in [0.2, 0.25) is 0 Å². The molecule has 0 aliphatic carbocycles. The molecule has 0 aromatic rings. The SMILES string of the molecule is OF.OF.[Be]. The molecule has 0 unspecified atom stereocenters. The summed E-state index contributed by atoms with van der Waals surface area (Å²) in [6.45, 7) is 0. The van der Waals surface area contributed by atoms with Crippen LogP contribution in [0.1, 0.15) is 0 Å². The van der Waals surface area contributed by atoms with Crippen molar-refractivity contribution in [3.05, 3.63) is 0 Å². The van der Waals surface area contributed by atoms with Crippen molar-refractivity contribution in [2.75, 3.05) is 0 Å². The van der Waals surface area contributed by atoms with Crippen molar-refractivity contribution in [2.24, 2.45) is 0 Å². The van der Waals surface area contributed by atoms with E-state index in [2.05, 4.69) is 0 Å². The van der Waals surface area contributed by atoms with Gasteiger partial charge in [0.25, 0.3) is 0 Å². The van der Waals surface area contributed by atoms with Crippen LogP contribution in [-0.4, -0.2) is 20.7 Å². The minimum absolute atomic E-state index is 0. The monoisotopic (exact) mass is 81.0 g/mol. The van der Waals surface area contributed by atoms with Crippen molar-refractivity contribution in [2.45, 2.75) is 0 Å². The van der Waals surface area contributed by atoms with Gasteiger partial charge in [-0.25, -0.2) is 10.6 Å². The van der Waals surface area contributed by atoms with Crippen LogP contribution in [0.15, 0.2) is 0 Å². The molecule has 0 rings (SSSR count). The van der Waals surface area contributed by atoms with Gasteiger partial charge >= 0.3 is 0 Å². The molecule has 0 bridgehead atoms. The zero-order chi connectivity index (χ0) is 4.00. The van der Waals surface area contributed by atoms with E-state index in [4.69, 9.17) is 19.7 Å². The summed E-state index contributed by atoms with van der Waals surface area (Å²) in [7, 11) is 0. The van der Waals surface area contributed by atoms with E-state index in [-0.39, 0.29) is 10.1 Å². The number of hydrogen-bond donors (Lipinski definition) is 2. The standard InChI is InChI=1S/Be.2FHO/c;2*1-2/h;2*2H. The molecule has 0 atom stereocenters. The van der Waals surface area contributed by atoms with Crippen LogP contribution in [0.5, 0.6) is 0 Å². The topological polar surface area (TPSA) is 40.5 Å². The summed E-state index contributed by atoms with van der Waals surface area (Å²) in [5.74, 6) is 0. The van der Waals surface area contributed by atoms with E-state index in [0.29, 0.717) is 0 Å². The van der Waals surface area contributed by atoms with Crippen molar-refractivity contribution in [3.63, 3.8) is 0 Å². The van der Waals surface area contributed by atoms with Crippen molar-refractivity contribution in [3.8, 4) is 0 Å². The van der Waals surface area contributed by atoms with Gasteiger partial charge in [-0.05, 0) is 0 Å². The van der Waals surface area contributed by atoms with E-state index in [1.165, 1.54) is 0 Å². The van der Waals surface area contributed by atoms with Crippen LogP contribution in [0, 0.1) is 0 Å². The molecule has 30 valence electrons. The van der Waals surface area contributed by atoms with Crippen LogP contribution < -0.4 is 0 Å². The Bertz CT molecular complexity index is 7.61. The summed E-state index contributed by atoms with van der Waals surface area (Å²) in [4.78, 5) is 0. The van der Waals surface area contributed by atoms with E-state index in [1.807, 2.05) is 0 Å². The molecule has 0 fully saturated rings. The maximum atomic E-state index is 8.50. The average molecular weight is 81.0 g/mol. The normalized spacial score (nSPS) is 2.40. The Morgan fingerprint density at radius 3 is 0.800 bits per heavy atom. The Morgan fingerprint density at radius 1 is 0.800 bits per heavy atom. The van der Waals surface area contributed by atoms with Gasteiger partial charge < -0.3 is 0 Å². The molecule has 0 aromatic carbocycles. The van der Waals surface area contributed by atoms with Crippen molar-refractivity contribution in [1.82, 2.24) is 0 Å². The predicted octanol–water partition coefficient (Wildman–Crippen LogP) is -0.654. The third-order valence-corrected chi connectivity index (χ3v) is 0. The first-order valence-electron chi connectivity index (χ1n) is 0.338. The van der Waals surface area contributed by atoms with Gasteiger partial charge in [0.1, 0.15) is 0 Å². The van der Waals surface area contributed by atoms with Crippen LogP contribution in [0.4, 0.5) is 9.05 Å². The maximum absolute atomic E-state index is 8.50. The molecule has 0 aromatic heterocycles. The zero-order valence-corrected chi connectivity index (χ0v) is 2.36. The Hall–Kier alpha value is -0.0512. The molecule has 0 heterocycles. The fourth-order valence-electron chi connectivity index (χ4n) is 0. The molecular weight excluding hydrogens is 79.0 g/mol. The second kappa shape index (κ2) is 13100. The summed E-state index contributed by atoms with van der Waals surface area (Å²) in [6.07, 6.45) is 0. The van der Waals surface area contributed by atoms with Crippen LogP contribution in [0.3, 0.4) is 0 Å². The van der Waals surface area contributed by atoms with Gasteiger partial charge in [0.15, 0.2) is 0 Å². The van der Waals surface area contributed by atoms with E-state index in [9.17, 15) is 0 Å². The van der Waals surface area contributed by atoms with Gasteiger partial charge in [-0.1, -0.05) is 9.05 Å². The quantitative estimate of drug-likeness (QED) is 0.380. The molecule has 0 aliphatic rings. The summed E-state index contributed by atoms with van der Waals surface area (Å²) >= 11 is 0. The van der Waals surface area contributed by atoms with Gasteiger partial charge in [0.05, 0.1) is 0 Å². The molecule has 2 N–H and O–H groups in total. The van der Waals surface area contributed by atoms with E-state index >= 15 is 0 Å². The second-order valence-corrected chi connectivity index (χ2v) is 0. The third kappa shape index (κ3) is 5730. The molecule has 0 aliphatic heterocycles. The number of halogens is 2. The smallest absolute Gasteiger partial charge is 0 e. The molecule has 0 spiro atoms. The van der Waals surface area contributed by atoms with Gasteiger partial charge in [0, 0.05) is 10.1 Å². The van der Waals surface area contributed by atoms with Gasteiger partial charge in [0.2, 0.25) is 0 Å². The van der Waals surface area contributed by atoms with E-state index < -0.39 is 0 Å². The summed E-state index contributed by atoms with van der Waals surface area (Å²) in [5.41, 5.74) is 0. The van der Waals surface area contributed by atoms with E-state index in [0.717, 1.165) is 0 Å². The number of rotatable bonds is 0. The average Bonchev–Trinajstić information content (AvgIpc) is 1.50. The van der Waals surface area contributed by atoms with Gasteiger partial charge in [-0.15, -0.1) is 0 Å². The van der Waals surface area contributed by atoms with Crippen LogP contribution >= 0.6 is 0 Å². The van der Waals surface area contributed by atoms with Gasteiger partial charge in [-0.3, -0.25) is 0 Å². The second-order valence-electron chi connectivity index (χ2n) is 0. The minimum atomic E-state index is 0. The van der Waals surface area contributed by atoms with Crippen molar-refractivity contribution < 1.29 is 19.7 Å². The number of hydrogen-bond acceptors (Lipinski definition) is 2. The van der Waals surface area contributed by atoms with E-state index in [1.54, 1.807) is 0 Å². The molecule has 5 heteroatoms. The summed E-state index contributed by atoms with van der Waals surface area (Å²) in [6, 6.07) is 0. The minimum Gasteiger partial charge on any atom is -0.209 e. The van der Waals surface area contributed by atoms with Crippen LogP contribution in [-0.2, 0) is 0 Å². The Morgan fingerprint density at radius 2 is 0.800 bits per heavy atom. The van der Waals surface area contributed by atoms with Gasteiger partial charge in [-0.2, -0.15) is 0 Å². The van der Waals surface area contributed by atoms with Crippen molar-refractivity contribution >= 4 is 10.1 Å². The predicted molar refractivity (Wildman–Crippen MR) is 12.4 cm³/mol. The van der Waals surface area contributed by atoms with Crippen molar-refractivity contribution in [1.29, 1.82) is 0 Å². The third-order valence-electron chi connectivity index (χ3n) is 0. The molecule has 2 radical (unpaired) electrons. The first-order valence-corrected chi connectivity index (χ1v) is 0.338. The molecule has 0 amide bonds. The Kier molecular flexibility index (Phi) is 53300.